The maximum atomic E-state index is 12.7. The molecule has 104 valence electrons. The average Bonchev–Trinajstić information content (AvgIpc) is 2.39. The highest BCUT2D eigenvalue weighted by Gasteiger charge is 2.27. The van der Waals surface area contributed by atoms with Gasteiger partial charge in [-0.3, -0.25) is 4.79 Å². The van der Waals surface area contributed by atoms with Crippen LogP contribution in [0.25, 0.3) is 0 Å². The zero-order valence-corrected chi connectivity index (χ0v) is 11.7. The molecule has 2 N–H and O–H groups in total. The van der Waals surface area contributed by atoms with Crippen LogP contribution in [0.2, 0.25) is 0 Å². The molecule has 0 aromatic heterocycles. The van der Waals surface area contributed by atoms with Crippen LogP contribution in [0, 0.1) is 0 Å². The Balaban J connectivity index is 2.31. The van der Waals surface area contributed by atoms with Crippen molar-refractivity contribution in [3.8, 4) is 5.75 Å². The summed E-state index contributed by atoms with van der Waals surface area (Å²) >= 11 is 0. The molecule has 4 nitrogen and oxygen atoms in total. The zero-order valence-electron chi connectivity index (χ0n) is 11.7. The van der Waals surface area contributed by atoms with Crippen LogP contribution in [0.3, 0.4) is 0 Å². The van der Waals surface area contributed by atoms with E-state index in [1.807, 2.05) is 24.0 Å². The fraction of sp³-hybridized carbons (Fsp3) is 0.533. The first-order chi connectivity index (χ1) is 9.15. The maximum Gasteiger partial charge on any atom is 0.259 e. The molecule has 0 radical (unpaired) electrons. The van der Waals surface area contributed by atoms with Crippen LogP contribution in [0.15, 0.2) is 18.2 Å². The van der Waals surface area contributed by atoms with Gasteiger partial charge in [-0.05, 0) is 45.2 Å². The quantitative estimate of drug-likeness (QED) is 0.852. The number of nitrogens with zero attached hydrogens (tertiary/aromatic N) is 1. The normalized spacial score (nSPS) is 19.3. The fourth-order valence-electron chi connectivity index (χ4n) is 2.60. The number of nitrogen functional groups attached to an aromatic ring is 1. The smallest absolute Gasteiger partial charge is 0.259 e. The van der Waals surface area contributed by atoms with Gasteiger partial charge in [0.15, 0.2) is 0 Å². The van der Waals surface area contributed by atoms with Crippen LogP contribution in [0.4, 0.5) is 5.69 Å². The van der Waals surface area contributed by atoms with Gasteiger partial charge < -0.3 is 15.4 Å². The highest BCUT2D eigenvalue weighted by Crippen LogP contribution is 2.28. The lowest BCUT2D eigenvalue weighted by Crippen LogP contribution is -2.42. The van der Waals surface area contributed by atoms with E-state index in [-0.39, 0.29) is 11.9 Å². The van der Waals surface area contributed by atoms with Gasteiger partial charge in [-0.25, -0.2) is 0 Å². The van der Waals surface area contributed by atoms with Crippen LogP contribution in [0.5, 0.6) is 5.75 Å². The number of piperidine rings is 1. The van der Waals surface area contributed by atoms with Gasteiger partial charge in [-0.2, -0.15) is 0 Å². The Kier molecular flexibility index (Phi) is 4.30. The van der Waals surface area contributed by atoms with E-state index in [9.17, 15) is 4.79 Å². The molecule has 0 spiro atoms. The molecule has 19 heavy (non-hydrogen) atoms. The number of carbonyl (C=O) groups excluding carboxylic acids is 1. The van der Waals surface area contributed by atoms with Gasteiger partial charge in [0.2, 0.25) is 0 Å². The highest BCUT2D eigenvalue weighted by atomic mass is 16.5. The second-order valence-electron chi connectivity index (χ2n) is 5.00. The van der Waals surface area contributed by atoms with E-state index < -0.39 is 0 Å². The molecule has 1 heterocycles. The lowest BCUT2D eigenvalue weighted by Gasteiger charge is -2.34. The Bertz CT molecular complexity index is 459. The molecule has 1 atom stereocenters. The first-order valence-corrected chi connectivity index (χ1v) is 6.97. The van der Waals surface area contributed by atoms with Gasteiger partial charge >= 0.3 is 0 Å². The number of carbonyl (C=O) groups is 1. The van der Waals surface area contributed by atoms with Crippen molar-refractivity contribution in [3.05, 3.63) is 23.8 Å². The maximum absolute atomic E-state index is 12.7. The molecule has 4 heteroatoms. The number of rotatable bonds is 3. The third-order valence-electron chi connectivity index (χ3n) is 3.64. The van der Waals surface area contributed by atoms with E-state index in [1.165, 1.54) is 6.42 Å². The Labute approximate surface area is 114 Å². The first kappa shape index (κ1) is 13.7. The molecule has 0 saturated carbocycles. The van der Waals surface area contributed by atoms with Gasteiger partial charge in [0.05, 0.1) is 6.61 Å². The predicted octanol–water partition coefficient (Wildman–Crippen LogP) is 2.68. The van der Waals surface area contributed by atoms with Crippen molar-refractivity contribution in [2.45, 2.75) is 39.2 Å². The largest absolute Gasteiger partial charge is 0.493 e. The monoisotopic (exact) mass is 262 g/mol. The van der Waals surface area contributed by atoms with Crippen molar-refractivity contribution < 1.29 is 9.53 Å². The van der Waals surface area contributed by atoms with Crippen molar-refractivity contribution in [2.24, 2.45) is 0 Å². The van der Waals surface area contributed by atoms with Crippen molar-refractivity contribution in [3.63, 3.8) is 0 Å². The molecule has 1 aromatic rings. The number of ether oxygens (including phenoxy) is 1. The van der Waals surface area contributed by atoms with Crippen molar-refractivity contribution in [1.82, 2.24) is 4.90 Å². The standard InChI is InChI=1S/C15H22N2O2/c1-3-19-13-9-6-8-12(16)14(13)15(18)17-10-5-4-7-11(17)2/h6,8-9,11H,3-5,7,10,16H2,1-2H3. The summed E-state index contributed by atoms with van der Waals surface area (Å²) in [5.41, 5.74) is 6.98. The second kappa shape index (κ2) is 5.95. The number of likely N-dealkylation sites (tertiary alicyclic amines) is 1. The van der Waals surface area contributed by atoms with E-state index in [4.69, 9.17) is 10.5 Å². The van der Waals surface area contributed by atoms with E-state index >= 15 is 0 Å². The van der Waals surface area contributed by atoms with Gasteiger partial charge in [-0.1, -0.05) is 6.07 Å². The third kappa shape index (κ3) is 2.83. The molecule has 1 amide bonds. The summed E-state index contributed by atoms with van der Waals surface area (Å²) < 4.78 is 5.54. The molecule has 1 unspecified atom stereocenters. The summed E-state index contributed by atoms with van der Waals surface area (Å²) in [6.07, 6.45) is 3.31. The van der Waals surface area contributed by atoms with Crippen molar-refractivity contribution in [2.75, 3.05) is 18.9 Å². The number of amides is 1. The topological polar surface area (TPSA) is 55.6 Å². The molecule has 1 aliphatic heterocycles. The lowest BCUT2D eigenvalue weighted by atomic mass is 10.0. The molecule has 1 saturated heterocycles. The first-order valence-electron chi connectivity index (χ1n) is 6.97. The zero-order chi connectivity index (χ0) is 13.8. The molecule has 1 fully saturated rings. The minimum Gasteiger partial charge on any atom is -0.493 e. The van der Waals surface area contributed by atoms with E-state index in [2.05, 4.69) is 6.92 Å². The number of hydrogen-bond acceptors (Lipinski definition) is 3. The summed E-state index contributed by atoms with van der Waals surface area (Å²) in [6.45, 7) is 5.33. The Hall–Kier alpha value is -1.71. The van der Waals surface area contributed by atoms with Gasteiger partial charge in [0, 0.05) is 18.3 Å². The second-order valence-corrected chi connectivity index (χ2v) is 5.00. The van der Waals surface area contributed by atoms with Crippen molar-refractivity contribution >= 4 is 11.6 Å². The van der Waals surface area contributed by atoms with Crippen molar-refractivity contribution in [1.29, 1.82) is 0 Å². The Morgan fingerprint density at radius 3 is 2.95 bits per heavy atom. The summed E-state index contributed by atoms with van der Waals surface area (Å²) in [4.78, 5) is 14.6. The number of hydrogen-bond donors (Lipinski definition) is 1. The van der Waals surface area contributed by atoms with Crippen LogP contribution in [-0.4, -0.2) is 30.0 Å². The lowest BCUT2D eigenvalue weighted by molar-refractivity contribution is 0.0632. The molecule has 1 aliphatic rings. The highest BCUT2D eigenvalue weighted by molar-refractivity contribution is 6.02. The van der Waals surface area contributed by atoms with Gasteiger partial charge in [0.25, 0.3) is 5.91 Å². The average molecular weight is 262 g/mol. The van der Waals surface area contributed by atoms with Crippen LogP contribution in [0.1, 0.15) is 43.5 Å². The Morgan fingerprint density at radius 1 is 1.47 bits per heavy atom. The number of nitrogens with two attached hydrogens (primary N) is 1. The van der Waals surface area contributed by atoms with Gasteiger partial charge in [-0.15, -0.1) is 0 Å². The Morgan fingerprint density at radius 2 is 2.26 bits per heavy atom. The minimum atomic E-state index is -0.00579. The SMILES string of the molecule is CCOc1cccc(N)c1C(=O)N1CCCCC1C. The molecule has 1 aromatic carbocycles. The van der Waals surface area contributed by atoms with Crippen LogP contribution >= 0.6 is 0 Å². The minimum absolute atomic E-state index is 0.00579. The predicted molar refractivity (Wildman–Crippen MR) is 76.4 cm³/mol. The summed E-state index contributed by atoms with van der Waals surface area (Å²) in [5, 5.41) is 0. The van der Waals surface area contributed by atoms with E-state index in [1.54, 1.807) is 6.07 Å². The molecule has 0 bridgehead atoms. The summed E-state index contributed by atoms with van der Waals surface area (Å²) in [6, 6.07) is 5.65. The fourth-order valence-corrected chi connectivity index (χ4v) is 2.60. The summed E-state index contributed by atoms with van der Waals surface area (Å²) in [5.74, 6) is 0.582. The molecular formula is C15H22N2O2. The van der Waals surface area contributed by atoms with Crippen LogP contribution in [-0.2, 0) is 0 Å². The number of anilines is 1. The van der Waals surface area contributed by atoms with Crippen LogP contribution < -0.4 is 10.5 Å². The molecule has 0 aliphatic carbocycles. The molecular weight excluding hydrogens is 240 g/mol. The number of benzene rings is 1. The van der Waals surface area contributed by atoms with E-state index in [0.717, 1.165) is 19.4 Å². The summed E-state index contributed by atoms with van der Waals surface area (Å²) in [7, 11) is 0. The van der Waals surface area contributed by atoms with E-state index in [0.29, 0.717) is 23.6 Å². The molecule has 2 rings (SSSR count). The van der Waals surface area contributed by atoms with Gasteiger partial charge in [0.1, 0.15) is 11.3 Å². The third-order valence-corrected chi connectivity index (χ3v) is 3.64.